The molecule has 2 N–H and O–H groups in total. The second-order valence-corrected chi connectivity index (χ2v) is 5.53. The normalized spacial score (nSPS) is 12.0. The van der Waals surface area contributed by atoms with Gasteiger partial charge in [-0.05, 0) is 42.5 Å². The van der Waals surface area contributed by atoms with E-state index in [0.29, 0.717) is 23.8 Å². The number of benzene rings is 1. The van der Waals surface area contributed by atoms with Crippen molar-refractivity contribution < 1.29 is 19.4 Å². The zero-order valence-corrected chi connectivity index (χ0v) is 12.8. The number of carbonyl (C=O) groups is 2. The Labute approximate surface area is 125 Å². The van der Waals surface area contributed by atoms with E-state index in [1.165, 1.54) is 0 Å². The van der Waals surface area contributed by atoms with Gasteiger partial charge in [-0.15, -0.1) is 0 Å². The highest BCUT2D eigenvalue weighted by atomic mass is 16.5. The third-order valence-electron chi connectivity index (χ3n) is 3.17. The summed E-state index contributed by atoms with van der Waals surface area (Å²) in [5.41, 5.74) is 0.537. The molecular formula is C16H23NO4. The van der Waals surface area contributed by atoms with Crippen LogP contribution in [-0.2, 0) is 4.79 Å². The summed E-state index contributed by atoms with van der Waals surface area (Å²) < 4.78 is 5.04. The number of rotatable bonds is 8. The highest BCUT2D eigenvalue weighted by Gasteiger charge is 2.16. The molecule has 0 spiro atoms. The summed E-state index contributed by atoms with van der Waals surface area (Å²) in [6.07, 6.45) is 0.844. The summed E-state index contributed by atoms with van der Waals surface area (Å²) in [6, 6.07) is 6.81. The van der Waals surface area contributed by atoms with E-state index >= 15 is 0 Å². The summed E-state index contributed by atoms with van der Waals surface area (Å²) in [7, 11) is 1.57. The first-order valence-corrected chi connectivity index (χ1v) is 7.06. The predicted molar refractivity (Wildman–Crippen MR) is 80.5 cm³/mol. The zero-order valence-electron chi connectivity index (χ0n) is 12.8. The second kappa shape index (κ2) is 8.29. The maximum absolute atomic E-state index is 12.0. The molecule has 21 heavy (non-hydrogen) atoms. The lowest BCUT2D eigenvalue weighted by atomic mass is 9.94. The molecule has 1 unspecified atom stereocenters. The summed E-state index contributed by atoms with van der Waals surface area (Å²) in [6.45, 7) is 4.45. The lowest BCUT2D eigenvalue weighted by Gasteiger charge is -2.17. The fourth-order valence-corrected chi connectivity index (χ4v) is 2.23. The number of carboxylic acids is 1. The molecule has 1 aromatic carbocycles. The van der Waals surface area contributed by atoms with E-state index in [0.717, 1.165) is 6.42 Å². The van der Waals surface area contributed by atoms with Crippen LogP contribution in [0.25, 0.3) is 0 Å². The van der Waals surface area contributed by atoms with E-state index in [-0.39, 0.29) is 18.2 Å². The predicted octanol–water partition coefficient (Wildman–Crippen LogP) is 2.56. The number of nitrogens with one attached hydrogen (secondary N) is 1. The maximum atomic E-state index is 12.0. The molecule has 0 saturated heterocycles. The zero-order chi connectivity index (χ0) is 15.8. The number of methoxy groups -OCH3 is 1. The first-order valence-electron chi connectivity index (χ1n) is 7.06. The van der Waals surface area contributed by atoms with Crippen LogP contribution < -0.4 is 10.1 Å². The van der Waals surface area contributed by atoms with E-state index in [2.05, 4.69) is 5.32 Å². The molecule has 1 rings (SSSR count). The fraction of sp³-hybridized carbons (Fsp3) is 0.500. The van der Waals surface area contributed by atoms with Gasteiger partial charge in [-0.25, -0.2) is 0 Å². The number of hydrogen-bond donors (Lipinski definition) is 2. The molecule has 0 saturated carbocycles. The summed E-state index contributed by atoms with van der Waals surface area (Å²) >= 11 is 0. The molecule has 0 heterocycles. The van der Waals surface area contributed by atoms with Gasteiger partial charge in [0.2, 0.25) is 0 Å². The molecule has 1 atom stereocenters. The molecule has 0 radical (unpaired) electrons. The minimum Gasteiger partial charge on any atom is -0.497 e. The van der Waals surface area contributed by atoms with Crippen molar-refractivity contribution in [3.8, 4) is 5.75 Å². The van der Waals surface area contributed by atoms with Gasteiger partial charge in [0.1, 0.15) is 5.75 Å². The van der Waals surface area contributed by atoms with Crippen LogP contribution in [-0.4, -0.2) is 30.6 Å². The van der Waals surface area contributed by atoms with Gasteiger partial charge in [0.15, 0.2) is 0 Å². The second-order valence-electron chi connectivity index (χ2n) is 5.53. The lowest BCUT2D eigenvalue weighted by molar-refractivity contribution is -0.138. The maximum Gasteiger partial charge on any atom is 0.303 e. The van der Waals surface area contributed by atoms with Crippen molar-refractivity contribution >= 4 is 11.9 Å². The van der Waals surface area contributed by atoms with Gasteiger partial charge in [0.25, 0.3) is 5.91 Å². The minimum absolute atomic E-state index is 0.0512. The molecule has 0 aliphatic rings. The fourth-order valence-electron chi connectivity index (χ4n) is 2.23. The Balaban J connectivity index is 2.56. The Morgan fingerprint density at radius 3 is 2.33 bits per heavy atom. The molecule has 0 fully saturated rings. The lowest BCUT2D eigenvalue weighted by Crippen LogP contribution is -2.31. The van der Waals surface area contributed by atoms with Gasteiger partial charge >= 0.3 is 5.97 Å². The number of aliphatic carboxylic acids is 1. The Kier molecular flexibility index (Phi) is 6.72. The van der Waals surface area contributed by atoms with Crippen molar-refractivity contribution in [3.63, 3.8) is 0 Å². The number of amides is 1. The van der Waals surface area contributed by atoms with Gasteiger partial charge in [-0.1, -0.05) is 13.8 Å². The number of hydrogen-bond acceptors (Lipinski definition) is 3. The number of carboxylic acid groups (broad SMARTS) is 1. The quantitative estimate of drug-likeness (QED) is 0.772. The monoisotopic (exact) mass is 293 g/mol. The van der Waals surface area contributed by atoms with E-state index in [9.17, 15) is 9.59 Å². The Hall–Kier alpha value is -2.04. The van der Waals surface area contributed by atoms with Gasteiger partial charge in [-0.2, -0.15) is 0 Å². The van der Waals surface area contributed by atoms with E-state index in [1.807, 2.05) is 13.8 Å². The Morgan fingerprint density at radius 2 is 1.86 bits per heavy atom. The molecule has 0 aliphatic heterocycles. The van der Waals surface area contributed by atoms with Crippen molar-refractivity contribution in [2.45, 2.75) is 26.7 Å². The Morgan fingerprint density at radius 1 is 1.24 bits per heavy atom. The molecule has 1 amide bonds. The van der Waals surface area contributed by atoms with E-state index in [4.69, 9.17) is 9.84 Å². The highest BCUT2D eigenvalue weighted by molar-refractivity contribution is 5.94. The van der Waals surface area contributed by atoms with Crippen molar-refractivity contribution in [2.75, 3.05) is 13.7 Å². The van der Waals surface area contributed by atoms with Crippen LogP contribution in [0.4, 0.5) is 0 Å². The van der Waals surface area contributed by atoms with Crippen molar-refractivity contribution in [2.24, 2.45) is 11.8 Å². The molecule has 0 bridgehead atoms. The van der Waals surface area contributed by atoms with E-state index < -0.39 is 5.97 Å². The SMILES string of the molecule is COc1ccc(C(=O)NCC(CC(=O)O)CC(C)C)cc1. The van der Waals surface area contributed by atoms with Crippen LogP contribution in [0.5, 0.6) is 5.75 Å². The molecular weight excluding hydrogens is 270 g/mol. The smallest absolute Gasteiger partial charge is 0.303 e. The van der Waals surface area contributed by atoms with Crippen LogP contribution >= 0.6 is 0 Å². The number of carbonyl (C=O) groups excluding carboxylic acids is 1. The summed E-state index contributed by atoms with van der Waals surface area (Å²) in [4.78, 5) is 22.9. The van der Waals surface area contributed by atoms with Crippen molar-refractivity contribution in [1.82, 2.24) is 5.32 Å². The first kappa shape index (κ1) is 17.0. The molecule has 0 aromatic heterocycles. The largest absolute Gasteiger partial charge is 0.497 e. The van der Waals surface area contributed by atoms with Crippen LogP contribution in [0.2, 0.25) is 0 Å². The topological polar surface area (TPSA) is 75.6 Å². The molecule has 5 nitrogen and oxygen atoms in total. The summed E-state index contributed by atoms with van der Waals surface area (Å²) in [5, 5.41) is 11.7. The standard InChI is InChI=1S/C16H23NO4/c1-11(2)8-12(9-15(18)19)10-17-16(20)13-4-6-14(21-3)7-5-13/h4-7,11-12H,8-10H2,1-3H3,(H,17,20)(H,18,19). The van der Waals surface area contributed by atoms with Gasteiger partial charge in [0.05, 0.1) is 7.11 Å². The van der Waals surface area contributed by atoms with Gasteiger partial charge < -0.3 is 15.2 Å². The Bertz CT molecular complexity index is 468. The van der Waals surface area contributed by atoms with Crippen LogP contribution in [0.3, 0.4) is 0 Å². The van der Waals surface area contributed by atoms with Gasteiger partial charge in [0, 0.05) is 18.5 Å². The molecule has 0 aliphatic carbocycles. The van der Waals surface area contributed by atoms with Crippen LogP contribution in [0.15, 0.2) is 24.3 Å². The number of ether oxygens (including phenoxy) is 1. The highest BCUT2D eigenvalue weighted by Crippen LogP contribution is 2.15. The third kappa shape index (κ3) is 6.29. The minimum atomic E-state index is -0.834. The molecule has 116 valence electrons. The first-order chi connectivity index (χ1) is 9.92. The van der Waals surface area contributed by atoms with Gasteiger partial charge in [-0.3, -0.25) is 9.59 Å². The molecule has 5 heteroatoms. The third-order valence-corrected chi connectivity index (χ3v) is 3.17. The van der Waals surface area contributed by atoms with E-state index in [1.54, 1.807) is 31.4 Å². The van der Waals surface area contributed by atoms with Crippen molar-refractivity contribution in [3.05, 3.63) is 29.8 Å². The van der Waals surface area contributed by atoms with Crippen LogP contribution in [0.1, 0.15) is 37.0 Å². The van der Waals surface area contributed by atoms with Crippen LogP contribution in [0, 0.1) is 11.8 Å². The molecule has 1 aromatic rings. The summed E-state index contributed by atoms with van der Waals surface area (Å²) in [5.74, 6) is 0.00296. The average Bonchev–Trinajstić information content (AvgIpc) is 2.43. The average molecular weight is 293 g/mol. The van der Waals surface area contributed by atoms with Crippen molar-refractivity contribution in [1.29, 1.82) is 0 Å².